The van der Waals surface area contributed by atoms with Crippen molar-refractivity contribution in [3.8, 4) is 0 Å². The predicted octanol–water partition coefficient (Wildman–Crippen LogP) is 1.90. The molecule has 4 heteroatoms. The Morgan fingerprint density at radius 1 is 1.33 bits per heavy atom. The third kappa shape index (κ3) is 2.82. The molecule has 98 valence electrons. The Bertz CT molecular complexity index is 431. The molecule has 1 aromatic rings. The number of anilines is 2. The molecule has 1 aromatic carbocycles. The fourth-order valence-corrected chi connectivity index (χ4v) is 2.44. The number of amides is 1. The largest absolute Gasteiger partial charge is 0.399 e. The highest BCUT2D eigenvalue weighted by atomic mass is 16.2. The van der Waals surface area contributed by atoms with Crippen molar-refractivity contribution >= 4 is 17.3 Å². The van der Waals surface area contributed by atoms with Gasteiger partial charge in [0.1, 0.15) is 0 Å². The minimum atomic E-state index is 0.231. The normalized spacial score (nSPS) is 16.7. The van der Waals surface area contributed by atoms with E-state index in [2.05, 4.69) is 5.32 Å². The van der Waals surface area contributed by atoms with E-state index in [9.17, 15) is 4.79 Å². The monoisotopic (exact) mass is 247 g/mol. The maximum absolute atomic E-state index is 12.1. The fourth-order valence-electron chi connectivity index (χ4n) is 2.44. The van der Waals surface area contributed by atoms with E-state index >= 15 is 0 Å². The van der Waals surface area contributed by atoms with Gasteiger partial charge in [0.05, 0.1) is 0 Å². The van der Waals surface area contributed by atoms with Crippen LogP contribution in [0.2, 0.25) is 0 Å². The summed E-state index contributed by atoms with van der Waals surface area (Å²) in [5, 5.41) is 3.13. The SMILES string of the molecule is CNCc1cc(N)ccc1N1CCCCCC1=O. The molecule has 4 nitrogen and oxygen atoms in total. The summed E-state index contributed by atoms with van der Waals surface area (Å²) in [7, 11) is 1.90. The van der Waals surface area contributed by atoms with E-state index in [4.69, 9.17) is 5.73 Å². The number of hydrogen-bond donors (Lipinski definition) is 2. The van der Waals surface area contributed by atoms with Crippen LogP contribution in [-0.4, -0.2) is 19.5 Å². The average molecular weight is 247 g/mol. The molecule has 0 aromatic heterocycles. The van der Waals surface area contributed by atoms with E-state index in [1.807, 2.05) is 30.1 Å². The molecule has 1 aliphatic rings. The molecule has 0 aliphatic carbocycles. The number of nitrogen functional groups attached to an aromatic ring is 1. The first-order valence-electron chi connectivity index (χ1n) is 6.55. The molecular formula is C14H21N3O. The lowest BCUT2D eigenvalue weighted by atomic mass is 10.1. The number of nitrogens with one attached hydrogen (secondary N) is 1. The van der Waals surface area contributed by atoms with E-state index in [1.165, 1.54) is 0 Å². The van der Waals surface area contributed by atoms with Crippen LogP contribution in [0.3, 0.4) is 0 Å². The molecule has 0 spiro atoms. The molecule has 0 radical (unpaired) electrons. The van der Waals surface area contributed by atoms with Gasteiger partial charge < -0.3 is 16.0 Å². The van der Waals surface area contributed by atoms with Crippen molar-refractivity contribution in [2.75, 3.05) is 24.2 Å². The number of hydrogen-bond acceptors (Lipinski definition) is 3. The van der Waals surface area contributed by atoms with Gasteiger partial charge in [0.15, 0.2) is 0 Å². The van der Waals surface area contributed by atoms with E-state index in [0.717, 1.165) is 49.3 Å². The Hall–Kier alpha value is -1.55. The standard InChI is InChI=1S/C14H21N3O/c1-16-10-11-9-12(15)6-7-13(11)17-8-4-2-3-5-14(17)18/h6-7,9,16H,2-5,8,10,15H2,1H3. The van der Waals surface area contributed by atoms with Crippen molar-refractivity contribution in [2.45, 2.75) is 32.2 Å². The molecule has 1 aliphatic heterocycles. The van der Waals surface area contributed by atoms with Gasteiger partial charge in [0.2, 0.25) is 5.91 Å². The topological polar surface area (TPSA) is 58.4 Å². The van der Waals surface area contributed by atoms with Crippen LogP contribution in [0.25, 0.3) is 0 Å². The second-order valence-electron chi connectivity index (χ2n) is 4.77. The number of nitrogens with two attached hydrogens (primary N) is 1. The van der Waals surface area contributed by atoms with Gasteiger partial charge in [-0.25, -0.2) is 0 Å². The Kier molecular flexibility index (Phi) is 4.20. The first kappa shape index (κ1) is 12.9. The smallest absolute Gasteiger partial charge is 0.226 e. The molecular weight excluding hydrogens is 226 g/mol. The Balaban J connectivity index is 2.32. The highest BCUT2D eigenvalue weighted by molar-refractivity contribution is 5.94. The maximum atomic E-state index is 12.1. The van der Waals surface area contributed by atoms with Gasteiger partial charge in [-0.05, 0) is 43.7 Å². The van der Waals surface area contributed by atoms with E-state index < -0.39 is 0 Å². The molecule has 1 saturated heterocycles. The fraction of sp³-hybridized carbons (Fsp3) is 0.500. The van der Waals surface area contributed by atoms with Gasteiger partial charge in [0, 0.05) is 30.9 Å². The van der Waals surface area contributed by atoms with E-state index in [-0.39, 0.29) is 5.91 Å². The number of rotatable bonds is 3. The van der Waals surface area contributed by atoms with Crippen molar-refractivity contribution in [3.63, 3.8) is 0 Å². The molecule has 1 amide bonds. The molecule has 1 heterocycles. The van der Waals surface area contributed by atoms with Gasteiger partial charge in [-0.3, -0.25) is 4.79 Å². The van der Waals surface area contributed by atoms with Crippen molar-refractivity contribution in [2.24, 2.45) is 0 Å². The lowest BCUT2D eigenvalue weighted by Crippen LogP contribution is -2.31. The summed E-state index contributed by atoms with van der Waals surface area (Å²) in [4.78, 5) is 14.0. The van der Waals surface area contributed by atoms with Gasteiger partial charge in [-0.15, -0.1) is 0 Å². The molecule has 1 fully saturated rings. The highest BCUT2D eigenvalue weighted by Crippen LogP contribution is 2.26. The molecule has 2 rings (SSSR count). The lowest BCUT2D eigenvalue weighted by molar-refractivity contribution is -0.118. The van der Waals surface area contributed by atoms with Crippen LogP contribution in [0.4, 0.5) is 11.4 Å². The summed E-state index contributed by atoms with van der Waals surface area (Å²) in [6.45, 7) is 1.55. The third-order valence-corrected chi connectivity index (χ3v) is 3.33. The van der Waals surface area contributed by atoms with Gasteiger partial charge in [0.25, 0.3) is 0 Å². The number of carbonyl (C=O) groups is 1. The van der Waals surface area contributed by atoms with Crippen LogP contribution < -0.4 is 16.0 Å². The summed E-state index contributed by atoms with van der Waals surface area (Å²) in [6, 6.07) is 5.78. The zero-order chi connectivity index (χ0) is 13.0. The molecule has 0 saturated carbocycles. The average Bonchev–Trinajstić information content (AvgIpc) is 2.55. The molecule has 0 bridgehead atoms. The van der Waals surface area contributed by atoms with Gasteiger partial charge in [-0.1, -0.05) is 6.42 Å². The Labute approximate surface area is 108 Å². The Morgan fingerprint density at radius 3 is 2.94 bits per heavy atom. The quantitative estimate of drug-likeness (QED) is 0.802. The first-order valence-corrected chi connectivity index (χ1v) is 6.55. The highest BCUT2D eigenvalue weighted by Gasteiger charge is 2.20. The summed E-state index contributed by atoms with van der Waals surface area (Å²) in [5.74, 6) is 0.231. The van der Waals surface area contributed by atoms with Crippen molar-refractivity contribution in [1.29, 1.82) is 0 Å². The summed E-state index contributed by atoms with van der Waals surface area (Å²) in [6.07, 6.45) is 3.88. The maximum Gasteiger partial charge on any atom is 0.226 e. The van der Waals surface area contributed by atoms with Crippen LogP contribution in [0.5, 0.6) is 0 Å². The predicted molar refractivity (Wildman–Crippen MR) is 74.4 cm³/mol. The van der Waals surface area contributed by atoms with Crippen LogP contribution in [0.1, 0.15) is 31.2 Å². The van der Waals surface area contributed by atoms with Crippen molar-refractivity contribution in [1.82, 2.24) is 5.32 Å². The second kappa shape index (κ2) is 5.87. The number of benzene rings is 1. The van der Waals surface area contributed by atoms with Gasteiger partial charge >= 0.3 is 0 Å². The first-order chi connectivity index (χ1) is 8.72. The summed E-state index contributed by atoms with van der Waals surface area (Å²) >= 11 is 0. The minimum absolute atomic E-state index is 0.231. The van der Waals surface area contributed by atoms with E-state index in [1.54, 1.807) is 0 Å². The molecule has 0 unspecified atom stereocenters. The Morgan fingerprint density at radius 2 is 2.17 bits per heavy atom. The number of nitrogens with zero attached hydrogens (tertiary/aromatic N) is 1. The lowest BCUT2D eigenvalue weighted by Gasteiger charge is -2.24. The van der Waals surface area contributed by atoms with Crippen molar-refractivity contribution in [3.05, 3.63) is 23.8 Å². The molecule has 3 N–H and O–H groups in total. The zero-order valence-electron chi connectivity index (χ0n) is 10.9. The van der Waals surface area contributed by atoms with Crippen LogP contribution in [0, 0.1) is 0 Å². The molecule has 18 heavy (non-hydrogen) atoms. The minimum Gasteiger partial charge on any atom is -0.399 e. The van der Waals surface area contributed by atoms with Crippen LogP contribution in [-0.2, 0) is 11.3 Å². The summed E-state index contributed by atoms with van der Waals surface area (Å²) < 4.78 is 0. The molecule has 0 atom stereocenters. The van der Waals surface area contributed by atoms with Gasteiger partial charge in [-0.2, -0.15) is 0 Å². The van der Waals surface area contributed by atoms with Crippen LogP contribution >= 0.6 is 0 Å². The summed E-state index contributed by atoms with van der Waals surface area (Å²) in [5.41, 5.74) is 8.66. The third-order valence-electron chi connectivity index (χ3n) is 3.33. The zero-order valence-corrected chi connectivity index (χ0v) is 10.9. The van der Waals surface area contributed by atoms with Crippen LogP contribution in [0.15, 0.2) is 18.2 Å². The number of carbonyl (C=O) groups excluding carboxylic acids is 1. The van der Waals surface area contributed by atoms with E-state index in [0.29, 0.717) is 6.42 Å². The van der Waals surface area contributed by atoms with Crippen molar-refractivity contribution < 1.29 is 4.79 Å². The second-order valence-corrected chi connectivity index (χ2v) is 4.77.